The molecular weight excluding hydrogens is 208 g/mol. The standard InChI is InChI=1S/C11H12N2O3/c1-8(14)12-5-4-9-6-11(13(15)16)3-2-10(9)7-12/h2-3,6H,4-5,7H2,1H3. The summed E-state index contributed by atoms with van der Waals surface area (Å²) in [6, 6.07) is 4.83. The summed E-state index contributed by atoms with van der Waals surface area (Å²) in [5, 5.41) is 10.6. The van der Waals surface area contributed by atoms with E-state index in [1.165, 1.54) is 13.0 Å². The van der Waals surface area contributed by atoms with Gasteiger partial charge in [0.25, 0.3) is 5.69 Å². The van der Waals surface area contributed by atoms with E-state index in [2.05, 4.69) is 0 Å². The van der Waals surface area contributed by atoms with Gasteiger partial charge in [-0.3, -0.25) is 14.9 Å². The predicted molar refractivity (Wildman–Crippen MR) is 57.9 cm³/mol. The lowest BCUT2D eigenvalue weighted by Gasteiger charge is -2.27. The molecule has 1 aliphatic rings. The van der Waals surface area contributed by atoms with E-state index in [4.69, 9.17) is 0 Å². The van der Waals surface area contributed by atoms with Gasteiger partial charge in [-0.25, -0.2) is 0 Å². The van der Waals surface area contributed by atoms with Gasteiger partial charge in [-0.15, -0.1) is 0 Å². The molecule has 0 aromatic heterocycles. The Morgan fingerprint density at radius 1 is 1.44 bits per heavy atom. The molecule has 5 nitrogen and oxygen atoms in total. The van der Waals surface area contributed by atoms with Crippen molar-refractivity contribution in [2.75, 3.05) is 6.54 Å². The number of nitrogens with zero attached hydrogens (tertiary/aromatic N) is 2. The van der Waals surface area contributed by atoms with Gasteiger partial charge in [0.05, 0.1) is 4.92 Å². The first kappa shape index (κ1) is 10.6. The van der Waals surface area contributed by atoms with E-state index < -0.39 is 4.92 Å². The van der Waals surface area contributed by atoms with Gasteiger partial charge in [0.1, 0.15) is 0 Å². The third-order valence-electron chi connectivity index (χ3n) is 2.86. The van der Waals surface area contributed by atoms with Crippen LogP contribution in [0.2, 0.25) is 0 Å². The van der Waals surface area contributed by atoms with Crippen LogP contribution < -0.4 is 0 Å². The van der Waals surface area contributed by atoms with Gasteiger partial charge >= 0.3 is 0 Å². The second kappa shape index (κ2) is 3.92. The van der Waals surface area contributed by atoms with Crippen molar-refractivity contribution in [3.05, 3.63) is 39.4 Å². The number of carbonyl (C=O) groups is 1. The monoisotopic (exact) mass is 220 g/mol. The summed E-state index contributed by atoms with van der Waals surface area (Å²) < 4.78 is 0. The van der Waals surface area contributed by atoms with E-state index in [9.17, 15) is 14.9 Å². The fourth-order valence-electron chi connectivity index (χ4n) is 1.92. The number of amides is 1. The van der Waals surface area contributed by atoms with E-state index in [1.54, 1.807) is 17.0 Å². The summed E-state index contributed by atoms with van der Waals surface area (Å²) in [6.07, 6.45) is 0.691. The number of nitro groups is 1. The first-order valence-corrected chi connectivity index (χ1v) is 5.09. The third-order valence-corrected chi connectivity index (χ3v) is 2.86. The maximum atomic E-state index is 11.2. The van der Waals surface area contributed by atoms with Crippen molar-refractivity contribution >= 4 is 11.6 Å². The number of carbonyl (C=O) groups excluding carboxylic acids is 1. The molecule has 1 amide bonds. The van der Waals surface area contributed by atoms with Crippen molar-refractivity contribution in [1.82, 2.24) is 4.90 Å². The van der Waals surface area contributed by atoms with Crippen molar-refractivity contribution < 1.29 is 9.72 Å². The molecule has 0 radical (unpaired) electrons. The van der Waals surface area contributed by atoms with Crippen LogP contribution in [0.25, 0.3) is 0 Å². The van der Waals surface area contributed by atoms with Crippen molar-refractivity contribution in [1.29, 1.82) is 0 Å². The van der Waals surface area contributed by atoms with E-state index in [0.717, 1.165) is 11.1 Å². The smallest absolute Gasteiger partial charge is 0.269 e. The number of non-ortho nitro benzene ring substituents is 1. The van der Waals surface area contributed by atoms with Gasteiger partial charge in [0, 0.05) is 32.1 Å². The van der Waals surface area contributed by atoms with Crippen LogP contribution in [-0.2, 0) is 17.8 Å². The third kappa shape index (κ3) is 1.88. The molecule has 0 aliphatic carbocycles. The van der Waals surface area contributed by atoms with Crippen LogP contribution in [0.1, 0.15) is 18.1 Å². The zero-order chi connectivity index (χ0) is 11.7. The van der Waals surface area contributed by atoms with E-state index in [1.807, 2.05) is 0 Å². The number of hydrogen-bond acceptors (Lipinski definition) is 3. The van der Waals surface area contributed by atoms with Crippen molar-refractivity contribution in [2.45, 2.75) is 19.9 Å². The molecule has 16 heavy (non-hydrogen) atoms. The van der Waals surface area contributed by atoms with Crippen LogP contribution in [0.5, 0.6) is 0 Å². The molecule has 0 saturated heterocycles. The maximum absolute atomic E-state index is 11.2. The van der Waals surface area contributed by atoms with Crippen LogP contribution in [-0.4, -0.2) is 22.3 Å². The molecule has 0 saturated carbocycles. The van der Waals surface area contributed by atoms with Crippen molar-refractivity contribution in [3.8, 4) is 0 Å². The largest absolute Gasteiger partial charge is 0.338 e. The minimum Gasteiger partial charge on any atom is -0.338 e. The van der Waals surface area contributed by atoms with Crippen molar-refractivity contribution in [3.63, 3.8) is 0 Å². The second-order valence-corrected chi connectivity index (χ2v) is 3.90. The first-order chi connectivity index (χ1) is 7.58. The normalized spacial score (nSPS) is 14.4. The van der Waals surface area contributed by atoms with Gasteiger partial charge in [-0.05, 0) is 17.5 Å². The molecule has 1 aromatic rings. The molecule has 1 aromatic carbocycles. The lowest BCUT2D eigenvalue weighted by atomic mass is 9.99. The summed E-state index contributed by atoms with van der Waals surface area (Å²) in [4.78, 5) is 23.2. The zero-order valence-electron chi connectivity index (χ0n) is 8.97. The van der Waals surface area contributed by atoms with Crippen LogP contribution in [0.15, 0.2) is 18.2 Å². The fourth-order valence-corrected chi connectivity index (χ4v) is 1.92. The molecular formula is C11H12N2O3. The van der Waals surface area contributed by atoms with Gasteiger partial charge in [-0.2, -0.15) is 0 Å². The molecule has 0 spiro atoms. The highest BCUT2D eigenvalue weighted by atomic mass is 16.6. The predicted octanol–water partition coefficient (Wildman–Crippen LogP) is 1.50. The number of hydrogen-bond donors (Lipinski definition) is 0. The summed E-state index contributed by atoms with van der Waals surface area (Å²) >= 11 is 0. The number of rotatable bonds is 1. The highest BCUT2D eigenvalue weighted by Crippen LogP contribution is 2.23. The van der Waals surface area contributed by atoms with E-state index in [0.29, 0.717) is 19.5 Å². The molecule has 5 heteroatoms. The van der Waals surface area contributed by atoms with Crippen LogP contribution >= 0.6 is 0 Å². The highest BCUT2D eigenvalue weighted by Gasteiger charge is 2.19. The Labute approximate surface area is 92.8 Å². The van der Waals surface area contributed by atoms with Crippen LogP contribution in [0.3, 0.4) is 0 Å². The SMILES string of the molecule is CC(=O)N1CCc2cc([N+](=O)[O-])ccc2C1. The summed E-state index contributed by atoms with van der Waals surface area (Å²) in [5.74, 6) is 0.0454. The van der Waals surface area contributed by atoms with Crippen LogP contribution in [0, 0.1) is 10.1 Å². The van der Waals surface area contributed by atoms with Gasteiger partial charge < -0.3 is 4.90 Å². The number of benzene rings is 1. The molecule has 0 fully saturated rings. The molecule has 0 atom stereocenters. The Balaban J connectivity index is 2.29. The molecule has 0 bridgehead atoms. The second-order valence-electron chi connectivity index (χ2n) is 3.90. The van der Waals surface area contributed by atoms with Crippen molar-refractivity contribution in [2.24, 2.45) is 0 Å². The Morgan fingerprint density at radius 3 is 2.81 bits per heavy atom. The number of fused-ring (bicyclic) bond motifs is 1. The Kier molecular flexibility index (Phi) is 2.60. The lowest BCUT2D eigenvalue weighted by Crippen LogP contribution is -2.34. The van der Waals surface area contributed by atoms with E-state index >= 15 is 0 Å². The first-order valence-electron chi connectivity index (χ1n) is 5.09. The highest BCUT2D eigenvalue weighted by molar-refractivity contribution is 5.73. The topological polar surface area (TPSA) is 63.5 Å². The average Bonchev–Trinajstić information content (AvgIpc) is 2.27. The molecule has 1 aliphatic heterocycles. The Hall–Kier alpha value is -1.91. The summed E-state index contributed by atoms with van der Waals surface area (Å²) in [6.45, 7) is 2.74. The molecule has 0 N–H and O–H groups in total. The van der Waals surface area contributed by atoms with Gasteiger partial charge in [0.15, 0.2) is 0 Å². The van der Waals surface area contributed by atoms with Crippen LogP contribution in [0.4, 0.5) is 5.69 Å². The minimum atomic E-state index is -0.391. The molecule has 84 valence electrons. The molecule has 0 unspecified atom stereocenters. The van der Waals surface area contributed by atoms with Gasteiger partial charge in [0.2, 0.25) is 5.91 Å². The minimum absolute atomic E-state index is 0.0454. The Morgan fingerprint density at radius 2 is 2.19 bits per heavy atom. The van der Waals surface area contributed by atoms with Gasteiger partial charge in [-0.1, -0.05) is 6.07 Å². The molecule has 1 heterocycles. The Bertz CT molecular complexity index is 457. The maximum Gasteiger partial charge on any atom is 0.269 e. The fraction of sp³-hybridized carbons (Fsp3) is 0.364. The summed E-state index contributed by atoms with van der Waals surface area (Å²) in [7, 11) is 0. The number of nitro benzene ring substituents is 1. The lowest BCUT2D eigenvalue weighted by molar-refractivity contribution is -0.384. The quantitative estimate of drug-likeness (QED) is 0.532. The zero-order valence-corrected chi connectivity index (χ0v) is 8.97. The molecule has 2 rings (SSSR count). The average molecular weight is 220 g/mol. The summed E-state index contributed by atoms with van der Waals surface area (Å²) in [5.41, 5.74) is 2.11. The van der Waals surface area contributed by atoms with E-state index in [-0.39, 0.29) is 11.6 Å².